The highest BCUT2D eigenvalue weighted by Gasteiger charge is 2.25. The van der Waals surface area contributed by atoms with Gasteiger partial charge in [-0.05, 0) is 49.7 Å². The van der Waals surface area contributed by atoms with E-state index in [4.69, 9.17) is 4.52 Å². The van der Waals surface area contributed by atoms with E-state index in [0.717, 1.165) is 9.75 Å². The second-order valence-electron chi connectivity index (χ2n) is 7.77. The third kappa shape index (κ3) is 3.91. The van der Waals surface area contributed by atoms with Crippen molar-refractivity contribution in [1.82, 2.24) is 25.0 Å². The molecule has 0 spiro atoms. The van der Waals surface area contributed by atoms with Crippen LogP contribution in [0.15, 0.2) is 59.4 Å². The minimum Gasteiger partial charge on any atom is -0.338 e. The van der Waals surface area contributed by atoms with Gasteiger partial charge in [-0.15, -0.1) is 11.3 Å². The third-order valence-corrected chi connectivity index (χ3v) is 6.45. The van der Waals surface area contributed by atoms with Crippen molar-refractivity contribution >= 4 is 28.3 Å². The summed E-state index contributed by atoms with van der Waals surface area (Å²) >= 11 is 1.58. The van der Waals surface area contributed by atoms with Gasteiger partial charge >= 0.3 is 0 Å². The number of fused-ring (bicyclic) bond motifs is 1. The molecule has 7 nitrogen and oxygen atoms in total. The molecule has 1 amide bonds. The average molecular weight is 462 g/mol. The lowest BCUT2D eigenvalue weighted by atomic mass is 10.0. The van der Waals surface area contributed by atoms with Crippen molar-refractivity contribution in [2.24, 2.45) is 7.05 Å². The predicted molar refractivity (Wildman–Crippen MR) is 124 cm³/mol. The van der Waals surface area contributed by atoms with Crippen LogP contribution in [-0.4, -0.2) is 25.6 Å². The number of carbonyl (C=O) groups is 1. The minimum absolute atomic E-state index is 0.292. The number of nitrogens with zero attached hydrogens (tertiary/aromatic N) is 4. The Hall–Kier alpha value is -3.85. The summed E-state index contributed by atoms with van der Waals surface area (Å²) in [5.41, 5.74) is 2.45. The van der Waals surface area contributed by atoms with Crippen LogP contribution in [0.2, 0.25) is 0 Å². The Labute approximate surface area is 192 Å². The number of hydrogen-bond acceptors (Lipinski definition) is 6. The maximum atomic E-state index is 14.0. The SMILES string of the molecule is Cc1ccc(-c2cc(C(=O)NC(c3cccc(F)c3)c3nccn3C)c3c(C)noc3n2)s1. The molecule has 0 aliphatic rings. The molecular weight excluding hydrogens is 441 g/mol. The van der Waals surface area contributed by atoms with E-state index in [1.54, 1.807) is 53.4 Å². The molecule has 33 heavy (non-hydrogen) atoms. The zero-order valence-electron chi connectivity index (χ0n) is 18.2. The van der Waals surface area contributed by atoms with Crippen LogP contribution in [0.5, 0.6) is 0 Å². The van der Waals surface area contributed by atoms with E-state index in [2.05, 4.69) is 20.4 Å². The smallest absolute Gasteiger partial charge is 0.259 e. The number of carbonyl (C=O) groups excluding carboxylic acids is 1. The van der Waals surface area contributed by atoms with Crippen LogP contribution in [0.1, 0.15) is 38.4 Å². The van der Waals surface area contributed by atoms with Gasteiger partial charge in [0, 0.05) is 24.3 Å². The molecule has 1 atom stereocenters. The first-order valence-electron chi connectivity index (χ1n) is 10.3. The highest BCUT2D eigenvalue weighted by atomic mass is 32.1. The summed E-state index contributed by atoms with van der Waals surface area (Å²) in [5.74, 6) is -0.173. The molecule has 0 saturated carbocycles. The topological polar surface area (TPSA) is 85.8 Å². The Balaban J connectivity index is 1.61. The van der Waals surface area contributed by atoms with Crippen molar-refractivity contribution in [3.05, 3.63) is 88.2 Å². The van der Waals surface area contributed by atoms with Gasteiger partial charge in [-0.2, -0.15) is 0 Å². The number of benzene rings is 1. The lowest BCUT2D eigenvalue weighted by Gasteiger charge is -2.19. The largest absolute Gasteiger partial charge is 0.338 e. The second-order valence-corrected chi connectivity index (χ2v) is 9.06. The van der Waals surface area contributed by atoms with E-state index in [-0.39, 0.29) is 5.91 Å². The Morgan fingerprint density at radius 2 is 2.06 bits per heavy atom. The number of aromatic nitrogens is 4. The lowest BCUT2D eigenvalue weighted by Crippen LogP contribution is -2.31. The number of imidazole rings is 1. The molecule has 0 radical (unpaired) electrons. The quantitative estimate of drug-likeness (QED) is 0.400. The summed E-state index contributed by atoms with van der Waals surface area (Å²) in [6.07, 6.45) is 3.42. The molecule has 0 fully saturated rings. The van der Waals surface area contributed by atoms with E-state index in [0.29, 0.717) is 39.4 Å². The van der Waals surface area contributed by atoms with Gasteiger partial charge in [0.05, 0.1) is 27.2 Å². The minimum atomic E-state index is -0.663. The van der Waals surface area contributed by atoms with Gasteiger partial charge in [0.2, 0.25) is 0 Å². The lowest BCUT2D eigenvalue weighted by molar-refractivity contribution is 0.0942. The zero-order valence-corrected chi connectivity index (χ0v) is 19.0. The number of halogens is 1. The molecule has 5 rings (SSSR count). The van der Waals surface area contributed by atoms with E-state index >= 15 is 0 Å². The summed E-state index contributed by atoms with van der Waals surface area (Å²) in [5, 5.41) is 7.59. The number of aryl methyl sites for hydroxylation is 3. The maximum Gasteiger partial charge on any atom is 0.259 e. The number of thiophene rings is 1. The molecule has 4 heterocycles. The highest BCUT2D eigenvalue weighted by Crippen LogP contribution is 2.31. The van der Waals surface area contributed by atoms with Gasteiger partial charge < -0.3 is 14.4 Å². The molecule has 0 aliphatic carbocycles. The van der Waals surface area contributed by atoms with Gasteiger partial charge in [-0.25, -0.2) is 14.4 Å². The molecule has 0 bridgehead atoms. The Kier molecular flexibility index (Phi) is 5.26. The van der Waals surface area contributed by atoms with Crippen molar-refractivity contribution < 1.29 is 13.7 Å². The van der Waals surface area contributed by atoms with Crippen LogP contribution in [0.25, 0.3) is 21.7 Å². The molecule has 1 unspecified atom stereocenters. The molecule has 1 N–H and O–H groups in total. The highest BCUT2D eigenvalue weighted by molar-refractivity contribution is 7.15. The summed E-state index contributed by atoms with van der Waals surface area (Å²) in [6.45, 7) is 3.78. The second kappa shape index (κ2) is 8.25. The number of hydrogen-bond donors (Lipinski definition) is 1. The van der Waals surface area contributed by atoms with Crippen molar-refractivity contribution in [1.29, 1.82) is 0 Å². The van der Waals surface area contributed by atoms with Gasteiger partial charge in [0.1, 0.15) is 17.7 Å². The number of pyridine rings is 1. The Morgan fingerprint density at radius 3 is 2.76 bits per heavy atom. The predicted octanol–water partition coefficient (Wildman–Crippen LogP) is 4.96. The standard InChI is InChI=1S/C24H20FN5O2S/c1-13-7-8-19(33-13)18-12-17(20-14(2)29-32-24(20)27-18)23(31)28-21(22-26-9-10-30(22)3)15-5-4-6-16(25)11-15/h4-12,21H,1-3H3,(H,28,31). The molecule has 166 valence electrons. The summed E-state index contributed by atoms with van der Waals surface area (Å²) in [6, 6.07) is 11.2. The Morgan fingerprint density at radius 1 is 1.21 bits per heavy atom. The van der Waals surface area contributed by atoms with E-state index in [9.17, 15) is 9.18 Å². The number of nitrogens with one attached hydrogen (secondary N) is 1. The van der Waals surface area contributed by atoms with Crippen LogP contribution in [0.4, 0.5) is 4.39 Å². The van der Waals surface area contributed by atoms with Crippen molar-refractivity contribution in [2.75, 3.05) is 0 Å². The first-order valence-corrected chi connectivity index (χ1v) is 11.1. The molecule has 1 aromatic carbocycles. The summed E-state index contributed by atoms with van der Waals surface area (Å²) < 4.78 is 21.2. The maximum absolute atomic E-state index is 14.0. The molecule has 9 heteroatoms. The first kappa shape index (κ1) is 21.0. The zero-order chi connectivity index (χ0) is 23.1. The van der Waals surface area contributed by atoms with Crippen molar-refractivity contribution in [3.63, 3.8) is 0 Å². The fourth-order valence-electron chi connectivity index (χ4n) is 3.82. The van der Waals surface area contributed by atoms with Crippen LogP contribution in [0.3, 0.4) is 0 Å². The van der Waals surface area contributed by atoms with Crippen LogP contribution < -0.4 is 5.32 Å². The first-order chi connectivity index (χ1) is 15.9. The molecule has 4 aromatic heterocycles. The Bertz CT molecular complexity index is 1490. The fraction of sp³-hybridized carbons (Fsp3) is 0.167. The number of rotatable bonds is 5. The molecule has 0 saturated heterocycles. The molecule has 0 aliphatic heterocycles. The van der Waals surface area contributed by atoms with Crippen molar-refractivity contribution in [2.45, 2.75) is 19.9 Å². The normalized spacial score (nSPS) is 12.2. The molecular formula is C24H20FN5O2S. The van der Waals surface area contributed by atoms with Gasteiger partial charge in [0.25, 0.3) is 11.6 Å². The van der Waals surface area contributed by atoms with E-state index in [1.807, 2.05) is 26.1 Å². The third-order valence-electron chi connectivity index (χ3n) is 5.43. The van der Waals surface area contributed by atoms with Gasteiger partial charge in [0.15, 0.2) is 0 Å². The van der Waals surface area contributed by atoms with Crippen LogP contribution in [-0.2, 0) is 7.05 Å². The fourth-order valence-corrected chi connectivity index (χ4v) is 4.65. The van der Waals surface area contributed by atoms with Crippen LogP contribution >= 0.6 is 11.3 Å². The summed E-state index contributed by atoms with van der Waals surface area (Å²) in [7, 11) is 1.83. The van der Waals surface area contributed by atoms with Gasteiger partial charge in [-0.1, -0.05) is 17.3 Å². The summed E-state index contributed by atoms with van der Waals surface area (Å²) in [4.78, 5) is 24.7. The van der Waals surface area contributed by atoms with Crippen molar-refractivity contribution in [3.8, 4) is 10.6 Å². The van der Waals surface area contributed by atoms with Gasteiger partial charge in [-0.3, -0.25) is 4.79 Å². The molecule has 5 aromatic rings. The number of amides is 1. The monoisotopic (exact) mass is 461 g/mol. The average Bonchev–Trinajstić information content (AvgIpc) is 3.52. The van der Waals surface area contributed by atoms with Crippen LogP contribution in [0, 0.1) is 19.7 Å². The van der Waals surface area contributed by atoms with E-state index in [1.165, 1.54) is 12.1 Å². The van der Waals surface area contributed by atoms with E-state index < -0.39 is 11.9 Å².